The molecular formula is C25H23F3N6O. The zero-order valence-electron chi connectivity index (χ0n) is 18.8. The summed E-state index contributed by atoms with van der Waals surface area (Å²) in [6, 6.07) is 4.55. The van der Waals surface area contributed by atoms with Gasteiger partial charge in [0.25, 0.3) is 0 Å². The zero-order valence-corrected chi connectivity index (χ0v) is 18.8. The second-order valence-electron chi connectivity index (χ2n) is 9.23. The lowest BCUT2D eigenvalue weighted by Crippen LogP contribution is -2.34. The summed E-state index contributed by atoms with van der Waals surface area (Å²) in [6.45, 7) is 1.01. The van der Waals surface area contributed by atoms with Gasteiger partial charge in [-0.3, -0.25) is 19.5 Å². The third kappa shape index (κ3) is 3.96. The monoisotopic (exact) mass is 480 g/mol. The first-order chi connectivity index (χ1) is 17.0. The number of nitrogens with zero attached hydrogens (tertiary/aromatic N) is 5. The Morgan fingerprint density at radius 2 is 2.00 bits per heavy atom. The molecule has 35 heavy (non-hydrogen) atoms. The standard InChI is InChI=1S/C25H23F3N6O/c26-16-1-2-21(28)19(6-16)23-7-17(27)13-33(23)25-20-5-14(9-30-22(20)11-31-25)15-10-32-34(12-15)18-3-4-29-24(35)8-18/h1-2,5-6,9-10,12,17-18,23H,3-4,7-8,11,13H2,(H,29,35)/t17-,18?,23+/m0/s1. The Bertz CT molecular complexity index is 1340. The molecule has 6 rings (SSSR count). The molecule has 0 aliphatic carbocycles. The maximum Gasteiger partial charge on any atom is 0.222 e. The molecule has 3 atom stereocenters. The van der Waals surface area contributed by atoms with Crippen LogP contribution in [0.4, 0.5) is 13.2 Å². The van der Waals surface area contributed by atoms with Crippen molar-refractivity contribution < 1.29 is 18.0 Å². The average molecular weight is 480 g/mol. The van der Waals surface area contributed by atoms with E-state index in [-0.39, 0.29) is 30.5 Å². The van der Waals surface area contributed by atoms with E-state index in [9.17, 15) is 18.0 Å². The average Bonchev–Trinajstić information content (AvgIpc) is 3.58. The summed E-state index contributed by atoms with van der Waals surface area (Å²) >= 11 is 0. The number of halogens is 3. The molecule has 3 aromatic rings. The highest BCUT2D eigenvalue weighted by molar-refractivity contribution is 6.02. The number of amides is 1. The number of alkyl halides is 1. The van der Waals surface area contributed by atoms with Gasteiger partial charge < -0.3 is 10.2 Å². The van der Waals surface area contributed by atoms with Crippen LogP contribution in [0.3, 0.4) is 0 Å². The maximum absolute atomic E-state index is 14.6. The number of hydrogen-bond donors (Lipinski definition) is 1. The minimum absolute atomic E-state index is 0.00465. The van der Waals surface area contributed by atoms with E-state index in [1.54, 1.807) is 17.3 Å². The fraction of sp³-hybridized carbons (Fsp3) is 0.360. The van der Waals surface area contributed by atoms with E-state index < -0.39 is 23.8 Å². The lowest BCUT2D eigenvalue weighted by atomic mass is 10.0. The van der Waals surface area contributed by atoms with Crippen molar-refractivity contribution in [3.8, 4) is 11.1 Å². The first kappa shape index (κ1) is 21.8. The van der Waals surface area contributed by atoms with E-state index in [4.69, 9.17) is 0 Å². The second-order valence-corrected chi connectivity index (χ2v) is 9.23. The zero-order chi connectivity index (χ0) is 24.1. The van der Waals surface area contributed by atoms with Crippen LogP contribution in [0, 0.1) is 11.6 Å². The maximum atomic E-state index is 14.6. The number of nitrogens with one attached hydrogen (secondary N) is 1. The molecule has 2 fully saturated rings. The van der Waals surface area contributed by atoms with Crippen molar-refractivity contribution >= 4 is 11.7 Å². The minimum atomic E-state index is -1.18. The highest BCUT2D eigenvalue weighted by Gasteiger charge is 2.39. The number of amidine groups is 1. The SMILES string of the molecule is O=C1CC(n2cc(-c3cnc4c(c3)C(N3C[C@@H](F)C[C@@H]3c3cc(F)ccc3F)=NC4)cn2)CCN1. The molecule has 180 valence electrons. The van der Waals surface area contributed by atoms with Gasteiger partial charge in [-0.15, -0.1) is 0 Å². The van der Waals surface area contributed by atoms with Crippen molar-refractivity contribution in [2.75, 3.05) is 13.1 Å². The minimum Gasteiger partial charge on any atom is -0.356 e. The molecule has 0 saturated carbocycles. The van der Waals surface area contributed by atoms with Gasteiger partial charge in [0.2, 0.25) is 5.91 Å². The van der Waals surface area contributed by atoms with Gasteiger partial charge in [-0.25, -0.2) is 13.2 Å². The highest BCUT2D eigenvalue weighted by atomic mass is 19.1. The number of rotatable bonds is 3. The molecule has 1 N–H and O–H groups in total. The van der Waals surface area contributed by atoms with Gasteiger partial charge in [-0.1, -0.05) is 0 Å². The number of likely N-dealkylation sites (tertiary alicyclic amines) is 1. The number of hydrogen-bond acceptors (Lipinski definition) is 5. The van der Waals surface area contributed by atoms with Gasteiger partial charge in [0, 0.05) is 54.0 Å². The lowest BCUT2D eigenvalue weighted by molar-refractivity contribution is -0.123. The molecule has 0 radical (unpaired) electrons. The Hall–Kier alpha value is -3.69. The summed E-state index contributed by atoms with van der Waals surface area (Å²) in [6.07, 6.45) is 5.45. The van der Waals surface area contributed by atoms with E-state index in [2.05, 4.69) is 20.4 Å². The quantitative estimate of drug-likeness (QED) is 0.620. The van der Waals surface area contributed by atoms with Crippen LogP contribution in [0.1, 0.15) is 48.2 Å². The summed E-state index contributed by atoms with van der Waals surface area (Å²) in [5, 5.41) is 7.29. The van der Waals surface area contributed by atoms with Crippen molar-refractivity contribution in [2.45, 2.75) is 44.1 Å². The first-order valence-electron chi connectivity index (χ1n) is 11.7. The Balaban J connectivity index is 1.31. The number of carbonyl (C=O) groups is 1. The fourth-order valence-electron chi connectivity index (χ4n) is 5.21. The lowest BCUT2D eigenvalue weighted by Gasteiger charge is -2.27. The van der Waals surface area contributed by atoms with E-state index in [1.165, 1.54) is 0 Å². The second kappa shape index (κ2) is 8.51. The third-order valence-electron chi connectivity index (χ3n) is 6.96. The Kier molecular flexibility index (Phi) is 5.31. The number of carbonyl (C=O) groups excluding carboxylic acids is 1. The first-order valence-corrected chi connectivity index (χ1v) is 11.7. The van der Waals surface area contributed by atoms with Gasteiger partial charge in [0.15, 0.2) is 0 Å². The van der Waals surface area contributed by atoms with Gasteiger partial charge in [-0.05, 0) is 30.7 Å². The van der Waals surface area contributed by atoms with Gasteiger partial charge in [-0.2, -0.15) is 5.10 Å². The number of pyridine rings is 1. The molecule has 0 spiro atoms. The van der Waals surface area contributed by atoms with E-state index >= 15 is 0 Å². The predicted molar refractivity (Wildman–Crippen MR) is 122 cm³/mol. The van der Waals surface area contributed by atoms with Crippen LogP contribution < -0.4 is 5.32 Å². The largest absolute Gasteiger partial charge is 0.356 e. The van der Waals surface area contributed by atoms with Gasteiger partial charge in [0.1, 0.15) is 23.6 Å². The van der Waals surface area contributed by atoms with Crippen LogP contribution in [-0.2, 0) is 11.3 Å². The Morgan fingerprint density at radius 1 is 1.11 bits per heavy atom. The highest BCUT2D eigenvalue weighted by Crippen LogP contribution is 2.38. The van der Waals surface area contributed by atoms with Crippen LogP contribution in [0.15, 0.2) is 47.8 Å². The molecule has 1 aromatic carbocycles. The number of piperidine rings is 1. The molecule has 0 bridgehead atoms. The number of aromatic nitrogens is 3. The summed E-state index contributed by atoms with van der Waals surface area (Å²) < 4.78 is 44.8. The predicted octanol–water partition coefficient (Wildman–Crippen LogP) is 3.72. The van der Waals surface area contributed by atoms with Crippen LogP contribution in [-0.4, -0.2) is 50.7 Å². The van der Waals surface area contributed by atoms with E-state index in [0.29, 0.717) is 25.3 Å². The molecule has 3 aliphatic heterocycles. The summed E-state index contributed by atoms with van der Waals surface area (Å²) in [5.74, 6) is -0.572. The van der Waals surface area contributed by atoms with Crippen molar-refractivity contribution in [3.63, 3.8) is 0 Å². The fourth-order valence-corrected chi connectivity index (χ4v) is 5.21. The number of benzene rings is 1. The third-order valence-corrected chi connectivity index (χ3v) is 6.96. The van der Waals surface area contributed by atoms with Gasteiger partial charge in [0.05, 0.1) is 37.1 Å². The normalized spacial score (nSPS) is 23.9. The van der Waals surface area contributed by atoms with Crippen LogP contribution in [0.5, 0.6) is 0 Å². The van der Waals surface area contributed by atoms with E-state index in [1.807, 2.05) is 16.9 Å². The molecule has 10 heteroatoms. The Labute approximate surface area is 199 Å². The number of fused-ring (bicyclic) bond motifs is 1. The van der Waals surface area contributed by atoms with Crippen molar-refractivity contribution in [3.05, 3.63) is 71.3 Å². The van der Waals surface area contributed by atoms with Crippen LogP contribution >= 0.6 is 0 Å². The summed E-state index contributed by atoms with van der Waals surface area (Å²) in [7, 11) is 0. The van der Waals surface area contributed by atoms with Crippen molar-refractivity contribution in [1.82, 2.24) is 25.0 Å². The smallest absolute Gasteiger partial charge is 0.222 e. The van der Waals surface area contributed by atoms with Crippen LogP contribution in [0.2, 0.25) is 0 Å². The molecule has 7 nitrogen and oxygen atoms in total. The summed E-state index contributed by atoms with van der Waals surface area (Å²) in [4.78, 5) is 22.7. The van der Waals surface area contributed by atoms with E-state index in [0.717, 1.165) is 47.0 Å². The molecule has 1 amide bonds. The number of aliphatic imine (C=N–C) groups is 1. The molecule has 1 unspecified atom stereocenters. The van der Waals surface area contributed by atoms with Crippen LogP contribution in [0.25, 0.3) is 11.1 Å². The summed E-state index contributed by atoms with van der Waals surface area (Å²) in [5.41, 5.74) is 3.29. The van der Waals surface area contributed by atoms with Gasteiger partial charge >= 0.3 is 0 Å². The van der Waals surface area contributed by atoms with Crippen molar-refractivity contribution in [2.24, 2.45) is 4.99 Å². The topological polar surface area (TPSA) is 75.4 Å². The molecule has 5 heterocycles. The molecule has 2 saturated heterocycles. The van der Waals surface area contributed by atoms with Crippen molar-refractivity contribution in [1.29, 1.82) is 0 Å². The molecular weight excluding hydrogens is 457 g/mol. The Morgan fingerprint density at radius 3 is 2.86 bits per heavy atom. The molecule has 3 aliphatic rings. The molecule has 2 aromatic heterocycles.